The molecule has 2 aromatic rings. The van der Waals surface area contributed by atoms with Crippen LogP contribution in [0.3, 0.4) is 0 Å². The van der Waals surface area contributed by atoms with E-state index in [9.17, 15) is 0 Å². The van der Waals surface area contributed by atoms with Crippen molar-refractivity contribution in [1.29, 1.82) is 0 Å². The van der Waals surface area contributed by atoms with E-state index in [0.29, 0.717) is 0 Å². The molecule has 66 valence electrons. The summed E-state index contributed by atoms with van der Waals surface area (Å²) >= 11 is 2.03. The fraction of sp³-hybridized carbons (Fsp3) is 0. The Morgan fingerprint density at radius 2 is 1.36 bits per heavy atom. The summed E-state index contributed by atoms with van der Waals surface area (Å²) in [6.07, 6.45) is 3.59. The summed E-state index contributed by atoms with van der Waals surface area (Å²) in [7, 11) is 0. The summed E-state index contributed by atoms with van der Waals surface area (Å²) in [5, 5.41) is 0. The standard InChI is InChI=1S/C11H8N2.Ti/c1-3-7-12-10(5-1)9-11-6-2-4-8-13-11;/h1-8H;. The van der Waals surface area contributed by atoms with Crippen molar-refractivity contribution >= 4 is 3.81 Å². The van der Waals surface area contributed by atoms with Gasteiger partial charge in [-0.25, -0.2) is 0 Å². The monoisotopic (exact) mass is 216 g/mol. The number of pyridine rings is 2. The number of hydrogen-bond donors (Lipinski definition) is 0. The van der Waals surface area contributed by atoms with Crippen LogP contribution in [0.15, 0.2) is 48.8 Å². The molecule has 14 heavy (non-hydrogen) atoms. The first-order valence-electron chi connectivity index (χ1n) is 4.29. The van der Waals surface area contributed by atoms with E-state index in [4.69, 9.17) is 0 Å². The Bertz CT molecular complexity index is 384. The Labute approximate surface area is 93.9 Å². The van der Waals surface area contributed by atoms with E-state index in [1.165, 1.54) is 0 Å². The summed E-state index contributed by atoms with van der Waals surface area (Å²) in [5.41, 5.74) is 1.96. The van der Waals surface area contributed by atoms with Gasteiger partial charge in [-0.2, -0.15) is 0 Å². The minimum absolute atomic E-state index is 0.978. The van der Waals surface area contributed by atoms with Crippen LogP contribution >= 0.6 is 0 Å². The van der Waals surface area contributed by atoms with Gasteiger partial charge in [0.2, 0.25) is 0 Å². The Kier molecular flexibility index (Phi) is 2.97. The zero-order chi connectivity index (χ0) is 9.80. The number of hydrogen-bond acceptors (Lipinski definition) is 2. The Balaban J connectivity index is 2.35. The third kappa shape index (κ3) is 2.03. The topological polar surface area (TPSA) is 25.8 Å². The molecular weight excluding hydrogens is 208 g/mol. The van der Waals surface area contributed by atoms with Gasteiger partial charge in [-0.1, -0.05) is 0 Å². The summed E-state index contributed by atoms with van der Waals surface area (Å²) in [6.45, 7) is 0. The normalized spacial score (nSPS) is 9.64. The van der Waals surface area contributed by atoms with Crippen LogP contribution in [-0.2, 0) is 20.0 Å². The molecule has 2 aromatic heterocycles. The number of aromatic nitrogens is 2. The van der Waals surface area contributed by atoms with Crippen molar-refractivity contribution in [2.45, 2.75) is 0 Å². The second-order valence-electron chi connectivity index (χ2n) is 2.80. The van der Waals surface area contributed by atoms with Crippen molar-refractivity contribution in [3.05, 3.63) is 60.2 Å². The molecule has 0 aromatic carbocycles. The van der Waals surface area contributed by atoms with E-state index in [1.54, 1.807) is 12.4 Å². The molecule has 2 nitrogen and oxygen atoms in total. The van der Waals surface area contributed by atoms with Gasteiger partial charge in [0.25, 0.3) is 0 Å². The van der Waals surface area contributed by atoms with Crippen LogP contribution < -0.4 is 0 Å². The van der Waals surface area contributed by atoms with Crippen molar-refractivity contribution in [2.24, 2.45) is 0 Å². The zero-order valence-electron chi connectivity index (χ0n) is 7.51. The van der Waals surface area contributed by atoms with Crippen molar-refractivity contribution < 1.29 is 20.0 Å². The summed E-state index contributed by atoms with van der Waals surface area (Å²) in [5.74, 6) is 0. The van der Waals surface area contributed by atoms with Gasteiger partial charge < -0.3 is 0 Å². The summed E-state index contributed by atoms with van der Waals surface area (Å²) < 4.78 is 1.10. The molecule has 0 unspecified atom stereocenters. The second-order valence-corrected chi connectivity index (χ2v) is 3.59. The molecule has 0 amide bonds. The maximum absolute atomic E-state index is 4.28. The van der Waals surface area contributed by atoms with Crippen LogP contribution in [0.5, 0.6) is 0 Å². The molecule has 0 aliphatic rings. The molecule has 2 rings (SSSR count). The van der Waals surface area contributed by atoms with Crippen LogP contribution in [0.2, 0.25) is 0 Å². The fourth-order valence-corrected chi connectivity index (χ4v) is 1.61. The van der Waals surface area contributed by atoms with Gasteiger partial charge in [0.05, 0.1) is 0 Å². The average molecular weight is 216 g/mol. The van der Waals surface area contributed by atoms with Crippen molar-refractivity contribution in [3.63, 3.8) is 0 Å². The molecule has 0 N–H and O–H groups in total. The molecule has 0 spiro atoms. The molecule has 0 bridgehead atoms. The van der Waals surface area contributed by atoms with E-state index in [0.717, 1.165) is 15.2 Å². The van der Waals surface area contributed by atoms with Crippen molar-refractivity contribution in [2.75, 3.05) is 0 Å². The minimum atomic E-state index is 0.978. The van der Waals surface area contributed by atoms with Crippen molar-refractivity contribution in [1.82, 2.24) is 9.97 Å². The van der Waals surface area contributed by atoms with E-state index in [-0.39, 0.29) is 0 Å². The van der Waals surface area contributed by atoms with Crippen LogP contribution in [0.4, 0.5) is 0 Å². The predicted octanol–water partition coefficient (Wildman–Crippen LogP) is 1.59. The first-order chi connectivity index (χ1) is 6.88. The first-order valence-corrected chi connectivity index (χ1v) is 5.07. The molecular formula is C11H8N2Ti. The molecule has 3 heteroatoms. The first kappa shape index (κ1) is 9.44. The van der Waals surface area contributed by atoms with E-state index in [2.05, 4.69) is 9.97 Å². The molecule has 0 atom stereocenters. The van der Waals surface area contributed by atoms with Gasteiger partial charge in [0.1, 0.15) is 0 Å². The number of rotatable bonds is 2. The molecule has 0 fully saturated rings. The summed E-state index contributed by atoms with van der Waals surface area (Å²) in [4.78, 5) is 8.56. The fourth-order valence-electron chi connectivity index (χ4n) is 1.15. The van der Waals surface area contributed by atoms with Gasteiger partial charge in [-0.3, -0.25) is 0 Å². The molecule has 0 aliphatic carbocycles. The molecule has 0 saturated heterocycles. The van der Waals surface area contributed by atoms with Gasteiger partial charge in [0, 0.05) is 0 Å². The Morgan fingerprint density at radius 1 is 0.857 bits per heavy atom. The van der Waals surface area contributed by atoms with E-state index in [1.807, 2.05) is 56.4 Å². The van der Waals surface area contributed by atoms with Crippen LogP contribution in [0.25, 0.3) is 0 Å². The van der Waals surface area contributed by atoms with Crippen molar-refractivity contribution in [3.8, 4) is 0 Å². The van der Waals surface area contributed by atoms with E-state index >= 15 is 0 Å². The SMILES string of the molecule is [Ti]=[C](c1ccccn1)c1ccccn1. The maximum atomic E-state index is 4.28. The van der Waals surface area contributed by atoms with E-state index < -0.39 is 0 Å². The van der Waals surface area contributed by atoms with Gasteiger partial charge >= 0.3 is 93.9 Å². The van der Waals surface area contributed by atoms with Gasteiger partial charge in [0.15, 0.2) is 0 Å². The van der Waals surface area contributed by atoms with Crippen LogP contribution in [0, 0.1) is 0 Å². The Morgan fingerprint density at radius 3 is 1.71 bits per heavy atom. The average Bonchev–Trinajstić information content (AvgIpc) is 2.30. The molecule has 0 saturated carbocycles. The number of nitrogens with zero attached hydrogens (tertiary/aromatic N) is 2. The third-order valence-electron chi connectivity index (χ3n) is 1.84. The third-order valence-corrected chi connectivity index (χ3v) is 2.64. The van der Waals surface area contributed by atoms with Gasteiger partial charge in [-0.15, -0.1) is 0 Å². The van der Waals surface area contributed by atoms with Crippen LogP contribution in [0.1, 0.15) is 11.4 Å². The molecule has 2 heterocycles. The molecule has 0 radical (unpaired) electrons. The zero-order valence-corrected chi connectivity index (χ0v) is 9.07. The van der Waals surface area contributed by atoms with Crippen LogP contribution in [-0.4, -0.2) is 13.8 Å². The predicted molar refractivity (Wildman–Crippen MR) is 51.7 cm³/mol. The van der Waals surface area contributed by atoms with Gasteiger partial charge in [-0.05, 0) is 0 Å². The quantitative estimate of drug-likeness (QED) is 0.712. The Hall–Kier alpha value is -1.12. The second kappa shape index (κ2) is 4.40. The molecule has 0 aliphatic heterocycles. The summed E-state index contributed by atoms with van der Waals surface area (Å²) in [6, 6.07) is 11.8.